The Kier molecular flexibility index (Phi) is 5.39. The Morgan fingerprint density at radius 1 is 1.32 bits per heavy atom. The summed E-state index contributed by atoms with van der Waals surface area (Å²) in [5.74, 6) is 0. The summed E-state index contributed by atoms with van der Waals surface area (Å²) in [6.07, 6.45) is 1.84. The maximum atomic E-state index is 5.61. The largest absolute Gasteiger partial charge is 0.383 e. The van der Waals surface area contributed by atoms with Crippen molar-refractivity contribution in [3.63, 3.8) is 0 Å². The van der Waals surface area contributed by atoms with E-state index in [1.165, 1.54) is 17.0 Å². The molecule has 5 nitrogen and oxygen atoms in total. The zero-order chi connectivity index (χ0) is 18.0. The molecule has 25 heavy (non-hydrogen) atoms. The molecule has 3 heterocycles. The van der Waals surface area contributed by atoms with Crippen LogP contribution in [0.3, 0.4) is 0 Å². The number of nitrogens with zero attached hydrogens (tertiary/aromatic N) is 3. The second-order valence-corrected chi connectivity index (χ2v) is 6.77. The van der Waals surface area contributed by atoms with Gasteiger partial charge in [-0.3, -0.25) is 4.98 Å². The summed E-state index contributed by atoms with van der Waals surface area (Å²) in [5.41, 5.74) is 4.84. The van der Waals surface area contributed by atoms with Crippen LogP contribution >= 0.6 is 12.2 Å². The molecule has 0 bridgehead atoms. The van der Waals surface area contributed by atoms with Crippen molar-refractivity contribution in [2.45, 2.75) is 39.4 Å². The lowest BCUT2D eigenvalue weighted by Crippen LogP contribution is -2.29. The third-order valence-corrected chi connectivity index (χ3v) is 5.34. The zero-order valence-corrected chi connectivity index (χ0v) is 16.1. The van der Waals surface area contributed by atoms with Crippen molar-refractivity contribution < 1.29 is 4.74 Å². The fourth-order valence-corrected chi connectivity index (χ4v) is 4.11. The van der Waals surface area contributed by atoms with Crippen LogP contribution in [0.15, 0.2) is 30.5 Å². The third-order valence-electron chi connectivity index (χ3n) is 4.99. The van der Waals surface area contributed by atoms with Gasteiger partial charge >= 0.3 is 0 Å². The standard InChI is InChI=1S/C19H26N4OS/c1-5-22-18(15-12-13(2)23(14(15)3)10-11-24-4)17(21-19(22)25)16-8-6-7-9-20-16/h6-9,12,17-18H,5,10-11H2,1-4H3,(H,21,25)/t17-,18-/m1/s1. The van der Waals surface area contributed by atoms with E-state index < -0.39 is 0 Å². The lowest BCUT2D eigenvalue weighted by molar-refractivity contribution is 0.186. The van der Waals surface area contributed by atoms with Gasteiger partial charge in [-0.15, -0.1) is 0 Å². The minimum atomic E-state index is 0.0602. The molecule has 0 spiro atoms. The molecule has 3 rings (SSSR count). The number of pyridine rings is 1. The molecule has 1 saturated heterocycles. The number of thiocarbonyl (C=S) groups is 1. The lowest BCUT2D eigenvalue weighted by atomic mass is 9.97. The van der Waals surface area contributed by atoms with E-state index in [-0.39, 0.29) is 12.1 Å². The van der Waals surface area contributed by atoms with Crippen molar-refractivity contribution in [2.75, 3.05) is 20.3 Å². The van der Waals surface area contributed by atoms with Crippen LogP contribution in [0.2, 0.25) is 0 Å². The van der Waals surface area contributed by atoms with Crippen LogP contribution in [0.1, 0.15) is 41.7 Å². The van der Waals surface area contributed by atoms with Gasteiger partial charge in [0.05, 0.1) is 24.4 Å². The number of likely N-dealkylation sites (N-methyl/N-ethyl adjacent to an activating group) is 1. The average Bonchev–Trinajstić information content (AvgIpc) is 3.10. The van der Waals surface area contributed by atoms with Gasteiger partial charge in [-0.1, -0.05) is 6.07 Å². The SMILES string of the molecule is CCN1C(=S)N[C@H](c2ccccn2)[C@H]1c1cc(C)n(CCOC)c1C. The number of methoxy groups -OCH3 is 1. The van der Waals surface area contributed by atoms with Gasteiger partial charge < -0.3 is 19.5 Å². The molecule has 2 aromatic heterocycles. The Bertz CT molecular complexity index is 743. The summed E-state index contributed by atoms with van der Waals surface area (Å²) in [6, 6.07) is 8.53. The van der Waals surface area contributed by atoms with E-state index in [0.717, 1.165) is 23.9 Å². The van der Waals surface area contributed by atoms with Gasteiger partial charge in [-0.2, -0.15) is 0 Å². The topological polar surface area (TPSA) is 42.3 Å². The Hall–Kier alpha value is -1.92. The lowest BCUT2D eigenvalue weighted by Gasteiger charge is -2.27. The predicted octanol–water partition coefficient (Wildman–Crippen LogP) is 3.14. The first-order chi connectivity index (χ1) is 12.1. The van der Waals surface area contributed by atoms with Crippen LogP contribution in [-0.4, -0.2) is 39.8 Å². The summed E-state index contributed by atoms with van der Waals surface area (Å²) in [7, 11) is 1.74. The molecule has 2 atom stereocenters. The normalized spacial score (nSPS) is 20.2. The first kappa shape index (κ1) is 17.9. The van der Waals surface area contributed by atoms with Crippen LogP contribution in [0, 0.1) is 13.8 Å². The number of rotatable bonds is 6. The maximum absolute atomic E-state index is 5.61. The van der Waals surface area contributed by atoms with E-state index in [1.807, 2.05) is 18.3 Å². The molecule has 0 aromatic carbocycles. The highest BCUT2D eigenvalue weighted by molar-refractivity contribution is 7.80. The molecule has 0 radical (unpaired) electrons. The smallest absolute Gasteiger partial charge is 0.170 e. The molecule has 1 fully saturated rings. The van der Waals surface area contributed by atoms with Crippen molar-refractivity contribution in [3.05, 3.63) is 53.1 Å². The number of ether oxygens (including phenoxy) is 1. The molecule has 2 aromatic rings. The van der Waals surface area contributed by atoms with Crippen molar-refractivity contribution in [2.24, 2.45) is 0 Å². The molecule has 1 N–H and O–H groups in total. The van der Waals surface area contributed by atoms with Gasteiger partial charge in [-0.05, 0) is 56.8 Å². The molecule has 134 valence electrons. The Balaban J connectivity index is 2.03. The number of aryl methyl sites for hydroxylation is 1. The molecular weight excluding hydrogens is 332 g/mol. The molecule has 6 heteroatoms. The summed E-state index contributed by atoms with van der Waals surface area (Å²) in [4.78, 5) is 6.83. The van der Waals surface area contributed by atoms with Crippen molar-refractivity contribution in [3.8, 4) is 0 Å². The number of nitrogens with one attached hydrogen (secondary N) is 1. The van der Waals surface area contributed by atoms with Gasteiger partial charge in [0.1, 0.15) is 0 Å². The van der Waals surface area contributed by atoms with Gasteiger partial charge in [0.2, 0.25) is 0 Å². The zero-order valence-electron chi connectivity index (χ0n) is 15.3. The second kappa shape index (κ2) is 7.54. The van der Waals surface area contributed by atoms with E-state index in [1.54, 1.807) is 7.11 Å². The molecule has 0 amide bonds. The molecule has 1 aliphatic heterocycles. The molecule has 0 saturated carbocycles. The van der Waals surface area contributed by atoms with Crippen LogP contribution in [-0.2, 0) is 11.3 Å². The quantitative estimate of drug-likeness (QED) is 0.804. The number of hydrogen-bond acceptors (Lipinski definition) is 3. The fourth-order valence-electron chi connectivity index (χ4n) is 3.74. The Labute approximate surface area is 155 Å². The molecule has 0 aliphatic carbocycles. The van der Waals surface area contributed by atoms with Gasteiger partial charge in [0, 0.05) is 37.8 Å². The van der Waals surface area contributed by atoms with Crippen LogP contribution in [0.5, 0.6) is 0 Å². The monoisotopic (exact) mass is 358 g/mol. The Morgan fingerprint density at radius 3 is 2.76 bits per heavy atom. The van der Waals surface area contributed by atoms with Gasteiger partial charge in [-0.25, -0.2) is 0 Å². The summed E-state index contributed by atoms with van der Waals surface area (Å²) < 4.78 is 7.59. The van der Waals surface area contributed by atoms with Gasteiger partial charge in [0.25, 0.3) is 0 Å². The third kappa shape index (κ3) is 3.28. The molecule has 1 aliphatic rings. The van der Waals surface area contributed by atoms with E-state index in [0.29, 0.717) is 6.61 Å². The highest BCUT2D eigenvalue weighted by Gasteiger charge is 2.40. The minimum absolute atomic E-state index is 0.0602. The van der Waals surface area contributed by atoms with E-state index >= 15 is 0 Å². The van der Waals surface area contributed by atoms with Crippen molar-refractivity contribution >= 4 is 17.3 Å². The van der Waals surface area contributed by atoms with Crippen LogP contribution in [0.25, 0.3) is 0 Å². The summed E-state index contributed by atoms with van der Waals surface area (Å²) >= 11 is 5.61. The van der Waals surface area contributed by atoms with E-state index in [2.05, 4.69) is 52.7 Å². The molecule has 0 unspecified atom stereocenters. The fraction of sp³-hybridized carbons (Fsp3) is 0.474. The predicted molar refractivity (Wildman–Crippen MR) is 104 cm³/mol. The summed E-state index contributed by atoms with van der Waals surface area (Å²) in [5, 5.41) is 4.28. The summed E-state index contributed by atoms with van der Waals surface area (Å²) in [6.45, 7) is 8.91. The van der Waals surface area contributed by atoms with Gasteiger partial charge in [0.15, 0.2) is 5.11 Å². The minimum Gasteiger partial charge on any atom is -0.383 e. The van der Waals surface area contributed by atoms with E-state index in [4.69, 9.17) is 17.0 Å². The van der Waals surface area contributed by atoms with Crippen molar-refractivity contribution in [1.82, 2.24) is 19.8 Å². The Morgan fingerprint density at radius 2 is 2.12 bits per heavy atom. The highest BCUT2D eigenvalue weighted by atomic mass is 32.1. The van der Waals surface area contributed by atoms with Crippen LogP contribution < -0.4 is 5.32 Å². The first-order valence-corrected chi connectivity index (χ1v) is 9.13. The number of aromatic nitrogens is 2. The second-order valence-electron chi connectivity index (χ2n) is 6.38. The highest BCUT2D eigenvalue weighted by Crippen LogP contribution is 2.40. The average molecular weight is 359 g/mol. The first-order valence-electron chi connectivity index (χ1n) is 8.72. The molecular formula is C19H26N4OS. The van der Waals surface area contributed by atoms with E-state index in [9.17, 15) is 0 Å². The van der Waals surface area contributed by atoms with Crippen LogP contribution in [0.4, 0.5) is 0 Å². The number of hydrogen-bond donors (Lipinski definition) is 1. The maximum Gasteiger partial charge on any atom is 0.170 e. The van der Waals surface area contributed by atoms with Crippen molar-refractivity contribution in [1.29, 1.82) is 0 Å².